The molecule has 33 heavy (non-hydrogen) atoms. The number of hydrogen-bond acceptors (Lipinski definition) is 8. The summed E-state index contributed by atoms with van der Waals surface area (Å²) in [5.41, 5.74) is 1.13. The maximum absolute atomic E-state index is 13.4. The van der Waals surface area contributed by atoms with Crippen molar-refractivity contribution in [3.63, 3.8) is 0 Å². The number of esters is 1. The fraction of sp³-hybridized carbons (Fsp3) is 0.417. The van der Waals surface area contributed by atoms with Crippen molar-refractivity contribution in [2.45, 2.75) is 13.8 Å². The van der Waals surface area contributed by atoms with Crippen molar-refractivity contribution in [1.82, 2.24) is 19.3 Å². The lowest BCUT2D eigenvalue weighted by molar-refractivity contribution is 0.0527. The van der Waals surface area contributed by atoms with Crippen LogP contribution in [0.3, 0.4) is 0 Å². The highest BCUT2D eigenvalue weighted by Gasteiger charge is 2.40. The van der Waals surface area contributed by atoms with Crippen LogP contribution in [0, 0.1) is 11.8 Å². The van der Waals surface area contributed by atoms with Crippen LogP contribution in [0.2, 0.25) is 0 Å². The van der Waals surface area contributed by atoms with Gasteiger partial charge in [-0.3, -0.25) is 9.20 Å². The number of likely N-dealkylation sites (tertiary alicyclic amines) is 1. The molecule has 0 saturated carbocycles. The van der Waals surface area contributed by atoms with E-state index >= 15 is 0 Å². The van der Waals surface area contributed by atoms with E-state index in [9.17, 15) is 9.59 Å². The molecule has 2 saturated heterocycles. The first-order valence-electron chi connectivity index (χ1n) is 11.5. The second kappa shape index (κ2) is 7.78. The number of ether oxygens (including phenoxy) is 1. The summed E-state index contributed by atoms with van der Waals surface area (Å²) in [6.07, 6.45) is 1.58. The second-order valence-electron chi connectivity index (χ2n) is 8.82. The summed E-state index contributed by atoms with van der Waals surface area (Å²) < 4.78 is 8.13. The van der Waals surface area contributed by atoms with Crippen LogP contribution in [0.4, 0.5) is 5.95 Å². The number of pyridine rings is 1. The summed E-state index contributed by atoms with van der Waals surface area (Å²) in [5.74, 6) is 1.29. The third-order valence-electron chi connectivity index (χ3n) is 6.94. The Balaban J connectivity index is 1.54. The standard InChI is InChI=1S/C24H25N5O3S/c1-3-27-10-14-12-28(13-15(14)11-27)24-25-9-16-20(30)19(23(31)32-4-2)22-29(21(16)26-24)17-7-5-6-8-18(17)33-22/h5-9,14-15H,3-4,10-13H2,1-2H3. The molecule has 170 valence electrons. The molecule has 3 aromatic heterocycles. The number of thiazole rings is 1. The SMILES string of the molecule is CCOC(=O)c1c(=O)c2cnc(N3CC4CN(CC)CC4C3)nc2n2c1sc1ccccc12. The highest BCUT2D eigenvalue weighted by atomic mass is 32.1. The van der Waals surface area contributed by atoms with Gasteiger partial charge < -0.3 is 14.5 Å². The Morgan fingerprint density at radius 3 is 2.64 bits per heavy atom. The molecule has 0 aliphatic carbocycles. The summed E-state index contributed by atoms with van der Waals surface area (Å²) in [5, 5.41) is 0.333. The number of para-hydroxylation sites is 1. The number of benzene rings is 1. The van der Waals surface area contributed by atoms with Crippen LogP contribution in [0.1, 0.15) is 24.2 Å². The molecule has 2 atom stereocenters. The maximum atomic E-state index is 13.4. The number of anilines is 1. The summed E-state index contributed by atoms with van der Waals surface area (Å²) >= 11 is 1.41. The lowest BCUT2D eigenvalue weighted by Gasteiger charge is -2.20. The molecule has 2 unspecified atom stereocenters. The van der Waals surface area contributed by atoms with E-state index in [1.165, 1.54) is 11.3 Å². The highest BCUT2D eigenvalue weighted by Crippen LogP contribution is 2.34. The Hall–Kier alpha value is -3.04. The fourth-order valence-corrected chi connectivity index (χ4v) is 6.51. The average molecular weight is 464 g/mol. The lowest BCUT2D eigenvalue weighted by atomic mass is 10.0. The van der Waals surface area contributed by atoms with Gasteiger partial charge in [-0.25, -0.2) is 9.78 Å². The van der Waals surface area contributed by atoms with Crippen molar-refractivity contribution in [3.05, 3.63) is 46.2 Å². The zero-order valence-corrected chi connectivity index (χ0v) is 19.5. The molecule has 0 radical (unpaired) electrons. The van der Waals surface area contributed by atoms with Crippen molar-refractivity contribution in [2.75, 3.05) is 44.2 Å². The van der Waals surface area contributed by atoms with Crippen molar-refractivity contribution >= 4 is 49.3 Å². The van der Waals surface area contributed by atoms with Gasteiger partial charge in [0.2, 0.25) is 11.4 Å². The fourth-order valence-electron chi connectivity index (χ4n) is 5.33. The molecule has 6 rings (SSSR count). The minimum Gasteiger partial charge on any atom is -0.462 e. The first kappa shape index (κ1) is 20.6. The van der Waals surface area contributed by atoms with Crippen LogP contribution in [-0.2, 0) is 4.74 Å². The van der Waals surface area contributed by atoms with Gasteiger partial charge in [-0.2, -0.15) is 4.98 Å². The first-order chi connectivity index (χ1) is 16.1. The third kappa shape index (κ3) is 3.13. The monoisotopic (exact) mass is 463 g/mol. The van der Waals surface area contributed by atoms with Crippen LogP contribution in [-0.4, -0.2) is 64.6 Å². The van der Waals surface area contributed by atoms with E-state index < -0.39 is 5.97 Å². The highest BCUT2D eigenvalue weighted by molar-refractivity contribution is 7.24. The van der Waals surface area contributed by atoms with Crippen molar-refractivity contribution < 1.29 is 9.53 Å². The molecule has 2 aliphatic rings. The summed E-state index contributed by atoms with van der Waals surface area (Å²) in [7, 11) is 0. The van der Waals surface area contributed by atoms with Crippen molar-refractivity contribution in [1.29, 1.82) is 0 Å². The predicted octanol–water partition coefficient (Wildman–Crippen LogP) is 3.02. The predicted molar refractivity (Wildman–Crippen MR) is 129 cm³/mol. The Bertz CT molecular complexity index is 1450. The first-order valence-corrected chi connectivity index (χ1v) is 12.3. The van der Waals surface area contributed by atoms with Gasteiger partial charge in [0.1, 0.15) is 10.4 Å². The second-order valence-corrected chi connectivity index (χ2v) is 9.85. The van der Waals surface area contributed by atoms with Gasteiger partial charge in [0.05, 0.1) is 22.2 Å². The lowest BCUT2D eigenvalue weighted by Crippen LogP contribution is -2.30. The molecule has 8 nitrogen and oxygen atoms in total. The molecular formula is C24H25N5O3S. The van der Waals surface area contributed by atoms with Gasteiger partial charge in [-0.1, -0.05) is 19.1 Å². The van der Waals surface area contributed by atoms with E-state index in [-0.39, 0.29) is 17.6 Å². The largest absolute Gasteiger partial charge is 0.462 e. The van der Waals surface area contributed by atoms with E-state index in [0.29, 0.717) is 33.6 Å². The summed E-state index contributed by atoms with van der Waals surface area (Å²) in [6.45, 7) is 9.33. The molecular weight excluding hydrogens is 438 g/mol. The van der Waals surface area contributed by atoms with Crippen LogP contribution >= 0.6 is 11.3 Å². The van der Waals surface area contributed by atoms with Gasteiger partial charge in [0, 0.05) is 32.4 Å². The Morgan fingerprint density at radius 2 is 1.91 bits per heavy atom. The van der Waals surface area contributed by atoms with Gasteiger partial charge in [0.15, 0.2) is 5.65 Å². The molecule has 1 aromatic carbocycles. The summed E-state index contributed by atoms with van der Waals surface area (Å²) in [6, 6.07) is 7.87. The molecule has 2 aliphatic heterocycles. The number of rotatable bonds is 4. The van der Waals surface area contributed by atoms with Crippen LogP contribution in [0.15, 0.2) is 35.3 Å². The van der Waals surface area contributed by atoms with Gasteiger partial charge in [0.25, 0.3) is 0 Å². The number of fused-ring (bicyclic) bond motifs is 6. The average Bonchev–Trinajstić information content (AvgIpc) is 3.50. The smallest absolute Gasteiger partial charge is 0.345 e. The minimum absolute atomic E-state index is 0.0530. The van der Waals surface area contributed by atoms with E-state index in [1.807, 2.05) is 28.7 Å². The zero-order valence-electron chi connectivity index (χ0n) is 18.7. The number of nitrogens with zero attached hydrogens (tertiary/aromatic N) is 5. The summed E-state index contributed by atoms with van der Waals surface area (Å²) in [4.78, 5) is 40.9. The van der Waals surface area contributed by atoms with Crippen molar-refractivity contribution in [3.8, 4) is 0 Å². The molecule has 5 heterocycles. The molecule has 4 aromatic rings. The van der Waals surface area contributed by atoms with E-state index in [1.54, 1.807) is 13.1 Å². The van der Waals surface area contributed by atoms with Crippen LogP contribution < -0.4 is 10.3 Å². The van der Waals surface area contributed by atoms with Crippen LogP contribution in [0.5, 0.6) is 0 Å². The topological polar surface area (TPSA) is 80.0 Å². The molecule has 0 spiro atoms. The Labute approximate surface area is 194 Å². The van der Waals surface area contributed by atoms with E-state index in [0.717, 1.165) is 42.9 Å². The number of aromatic nitrogens is 3. The number of hydrogen-bond donors (Lipinski definition) is 0. The molecule has 0 amide bonds. The normalized spacial score (nSPS) is 20.8. The maximum Gasteiger partial charge on any atom is 0.345 e. The van der Waals surface area contributed by atoms with E-state index in [4.69, 9.17) is 9.72 Å². The van der Waals surface area contributed by atoms with Gasteiger partial charge in [-0.05, 0) is 37.4 Å². The minimum atomic E-state index is -0.606. The molecule has 0 bridgehead atoms. The van der Waals surface area contributed by atoms with Gasteiger partial charge >= 0.3 is 5.97 Å². The molecule has 0 N–H and O–H groups in total. The molecule has 2 fully saturated rings. The Kier molecular flexibility index (Phi) is 4.84. The number of carbonyl (C=O) groups excluding carboxylic acids is 1. The van der Waals surface area contributed by atoms with E-state index in [2.05, 4.69) is 21.7 Å². The van der Waals surface area contributed by atoms with Gasteiger partial charge in [-0.15, -0.1) is 11.3 Å². The zero-order chi connectivity index (χ0) is 22.7. The number of carbonyl (C=O) groups is 1. The quantitative estimate of drug-likeness (QED) is 0.431. The van der Waals surface area contributed by atoms with Crippen LogP contribution in [0.25, 0.3) is 26.1 Å². The Morgan fingerprint density at radius 1 is 1.15 bits per heavy atom. The molecule has 9 heteroatoms. The third-order valence-corrected chi connectivity index (χ3v) is 8.09. The van der Waals surface area contributed by atoms with Crippen molar-refractivity contribution in [2.24, 2.45) is 11.8 Å².